The van der Waals surface area contributed by atoms with Gasteiger partial charge in [0.05, 0.1) is 5.56 Å². The Labute approximate surface area is 165 Å². The Morgan fingerprint density at radius 3 is 2.54 bits per heavy atom. The first-order valence-corrected chi connectivity index (χ1v) is 9.88. The fourth-order valence-corrected chi connectivity index (χ4v) is 3.81. The number of hydrogen-bond donors (Lipinski definition) is 0. The Kier molecular flexibility index (Phi) is 5.42. The number of likely N-dealkylation sites (tertiary alicyclic amines) is 1. The van der Waals surface area contributed by atoms with Gasteiger partial charge in [-0.2, -0.15) is 0 Å². The van der Waals surface area contributed by atoms with Crippen LogP contribution in [0.15, 0.2) is 67.0 Å². The highest BCUT2D eigenvalue weighted by atomic mass is 16.5. The summed E-state index contributed by atoms with van der Waals surface area (Å²) >= 11 is 0. The number of aromatic nitrogens is 2. The molecular weight excluding hydrogens is 350 g/mol. The lowest BCUT2D eigenvalue weighted by atomic mass is 9.95. The van der Waals surface area contributed by atoms with Crippen LogP contribution in [0.5, 0.6) is 11.5 Å². The molecule has 0 N–H and O–H groups in total. The minimum absolute atomic E-state index is 0.0313. The Bertz CT molecular complexity index is 928. The zero-order chi connectivity index (χ0) is 19.3. The van der Waals surface area contributed by atoms with Crippen LogP contribution in [0.4, 0.5) is 0 Å². The summed E-state index contributed by atoms with van der Waals surface area (Å²) < 4.78 is 8.17. The molecule has 1 fully saturated rings. The van der Waals surface area contributed by atoms with Gasteiger partial charge in [-0.3, -0.25) is 4.79 Å². The van der Waals surface area contributed by atoms with Crippen molar-refractivity contribution in [3.05, 3.63) is 78.4 Å². The number of hydrogen-bond acceptors (Lipinski definition) is 3. The van der Waals surface area contributed by atoms with Crippen LogP contribution in [0, 0.1) is 0 Å². The quantitative estimate of drug-likeness (QED) is 0.648. The molecule has 28 heavy (non-hydrogen) atoms. The number of ether oxygens (including phenoxy) is 1. The van der Waals surface area contributed by atoms with Gasteiger partial charge >= 0.3 is 0 Å². The smallest absolute Gasteiger partial charge is 0.257 e. The molecule has 0 bridgehead atoms. The Morgan fingerprint density at radius 1 is 1.07 bits per heavy atom. The molecule has 1 saturated heterocycles. The van der Waals surface area contributed by atoms with Crippen molar-refractivity contribution in [3.8, 4) is 11.5 Å². The lowest BCUT2D eigenvalue weighted by Crippen LogP contribution is -2.38. The molecule has 0 unspecified atom stereocenters. The highest BCUT2D eigenvalue weighted by Crippen LogP contribution is 2.30. The van der Waals surface area contributed by atoms with Crippen molar-refractivity contribution in [1.82, 2.24) is 14.5 Å². The zero-order valence-corrected chi connectivity index (χ0v) is 16.1. The number of imidazole rings is 1. The molecule has 1 aromatic heterocycles. The van der Waals surface area contributed by atoms with Crippen molar-refractivity contribution in [2.24, 2.45) is 0 Å². The fraction of sp³-hybridized carbons (Fsp3) is 0.304. The second-order valence-corrected chi connectivity index (χ2v) is 7.05. The maximum Gasteiger partial charge on any atom is 0.257 e. The summed E-state index contributed by atoms with van der Waals surface area (Å²) in [4.78, 5) is 19.6. The van der Waals surface area contributed by atoms with Gasteiger partial charge in [-0.1, -0.05) is 30.3 Å². The van der Waals surface area contributed by atoms with Crippen LogP contribution in [0.25, 0.3) is 0 Å². The van der Waals surface area contributed by atoms with Crippen molar-refractivity contribution in [2.75, 3.05) is 13.1 Å². The van der Waals surface area contributed by atoms with E-state index in [1.165, 1.54) is 0 Å². The zero-order valence-electron chi connectivity index (χ0n) is 16.1. The van der Waals surface area contributed by atoms with Gasteiger partial charge in [0, 0.05) is 37.9 Å². The molecule has 4 rings (SSSR count). The van der Waals surface area contributed by atoms with Crippen LogP contribution < -0.4 is 4.74 Å². The molecule has 5 nitrogen and oxygen atoms in total. The third-order valence-corrected chi connectivity index (χ3v) is 5.32. The van der Waals surface area contributed by atoms with E-state index in [0.717, 1.165) is 44.0 Å². The first-order valence-electron chi connectivity index (χ1n) is 9.88. The van der Waals surface area contributed by atoms with Gasteiger partial charge in [0.15, 0.2) is 0 Å². The van der Waals surface area contributed by atoms with Gasteiger partial charge in [-0.15, -0.1) is 0 Å². The largest absolute Gasteiger partial charge is 0.457 e. The highest BCUT2D eigenvalue weighted by molar-refractivity contribution is 5.97. The van der Waals surface area contributed by atoms with Crippen LogP contribution in [0.3, 0.4) is 0 Å². The van der Waals surface area contributed by atoms with Crippen molar-refractivity contribution in [2.45, 2.75) is 32.2 Å². The molecular formula is C23H25N3O2. The second kappa shape index (κ2) is 8.30. The molecule has 3 aromatic rings. The average Bonchev–Trinajstić information content (AvgIpc) is 3.23. The number of benzene rings is 2. The summed E-state index contributed by atoms with van der Waals surface area (Å²) in [6.45, 7) is 4.53. The summed E-state index contributed by atoms with van der Waals surface area (Å²) in [5.74, 6) is 2.91. The summed E-state index contributed by atoms with van der Waals surface area (Å²) in [6.07, 6.45) is 5.77. The minimum Gasteiger partial charge on any atom is -0.457 e. The van der Waals surface area contributed by atoms with Gasteiger partial charge in [-0.25, -0.2) is 4.98 Å². The molecule has 2 aromatic carbocycles. The Balaban J connectivity index is 1.46. The predicted octanol–water partition coefficient (Wildman–Crippen LogP) is 4.72. The van der Waals surface area contributed by atoms with Crippen molar-refractivity contribution in [3.63, 3.8) is 0 Å². The van der Waals surface area contributed by atoms with Crippen LogP contribution in [-0.2, 0) is 6.54 Å². The van der Waals surface area contributed by atoms with Crippen LogP contribution in [0.1, 0.15) is 41.9 Å². The second-order valence-electron chi connectivity index (χ2n) is 7.05. The molecule has 144 valence electrons. The third-order valence-electron chi connectivity index (χ3n) is 5.32. The molecule has 0 atom stereocenters. The highest BCUT2D eigenvalue weighted by Gasteiger charge is 2.28. The Morgan fingerprint density at radius 2 is 1.79 bits per heavy atom. The standard InChI is InChI=1S/C23H25N3O2/c1-2-25-17-14-24-22(25)18-12-15-26(16-13-18)23(27)20-10-6-7-11-21(20)28-19-8-4-3-5-9-19/h3-11,14,17-18H,2,12-13,15-16H2,1H3. The lowest BCUT2D eigenvalue weighted by Gasteiger charge is -2.32. The summed E-state index contributed by atoms with van der Waals surface area (Å²) in [7, 11) is 0. The van der Waals surface area contributed by atoms with Crippen LogP contribution >= 0.6 is 0 Å². The number of carbonyl (C=O) groups excluding carboxylic acids is 1. The molecule has 0 aliphatic carbocycles. The molecule has 5 heteroatoms. The van der Waals surface area contributed by atoms with Gasteiger partial charge in [-0.05, 0) is 44.0 Å². The maximum absolute atomic E-state index is 13.2. The van der Waals surface area contributed by atoms with Gasteiger partial charge in [0.1, 0.15) is 17.3 Å². The van der Waals surface area contributed by atoms with Crippen molar-refractivity contribution < 1.29 is 9.53 Å². The number of amides is 1. The first-order chi connectivity index (χ1) is 13.8. The lowest BCUT2D eigenvalue weighted by molar-refractivity contribution is 0.0707. The van der Waals surface area contributed by atoms with Gasteiger partial charge in [0.25, 0.3) is 5.91 Å². The number of carbonyl (C=O) groups is 1. The van der Waals surface area contributed by atoms with Crippen molar-refractivity contribution >= 4 is 5.91 Å². The van der Waals surface area contributed by atoms with E-state index in [2.05, 4.69) is 16.5 Å². The summed E-state index contributed by atoms with van der Waals surface area (Å²) in [5.41, 5.74) is 0.611. The van der Waals surface area contributed by atoms with E-state index >= 15 is 0 Å². The van der Waals surface area contributed by atoms with Crippen molar-refractivity contribution in [1.29, 1.82) is 0 Å². The molecule has 1 aliphatic heterocycles. The fourth-order valence-electron chi connectivity index (χ4n) is 3.81. The van der Waals surface area contributed by atoms with E-state index in [9.17, 15) is 4.79 Å². The van der Waals surface area contributed by atoms with E-state index < -0.39 is 0 Å². The minimum atomic E-state index is 0.0313. The molecule has 1 amide bonds. The monoisotopic (exact) mass is 375 g/mol. The number of aryl methyl sites for hydroxylation is 1. The molecule has 1 aliphatic rings. The van der Waals surface area contributed by atoms with E-state index in [1.807, 2.05) is 71.9 Å². The molecule has 0 saturated carbocycles. The first kappa shape index (κ1) is 18.3. The third kappa shape index (κ3) is 3.79. The Hall–Kier alpha value is -3.08. The van der Waals surface area contributed by atoms with Gasteiger partial charge in [0.2, 0.25) is 0 Å². The SMILES string of the molecule is CCn1ccnc1C1CCN(C(=O)c2ccccc2Oc2ccccc2)CC1. The number of rotatable bonds is 5. The predicted molar refractivity (Wildman–Crippen MR) is 109 cm³/mol. The topological polar surface area (TPSA) is 47.4 Å². The molecule has 2 heterocycles. The number of para-hydroxylation sites is 2. The molecule has 0 radical (unpaired) electrons. The van der Waals surface area contributed by atoms with Crippen LogP contribution in [0.2, 0.25) is 0 Å². The van der Waals surface area contributed by atoms with E-state index in [1.54, 1.807) is 0 Å². The summed E-state index contributed by atoms with van der Waals surface area (Å²) in [6, 6.07) is 17.0. The summed E-state index contributed by atoms with van der Waals surface area (Å²) in [5, 5.41) is 0. The molecule has 0 spiro atoms. The number of nitrogens with zero attached hydrogens (tertiary/aromatic N) is 3. The maximum atomic E-state index is 13.2. The van der Waals surface area contributed by atoms with E-state index in [0.29, 0.717) is 17.2 Å². The van der Waals surface area contributed by atoms with Crippen LogP contribution in [-0.4, -0.2) is 33.4 Å². The van der Waals surface area contributed by atoms with E-state index in [4.69, 9.17) is 4.74 Å². The van der Waals surface area contributed by atoms with E-state index in [-0.39, 0.29) is 5.91 Å². The van der Waals surface area contributed by atoms with Gasteiger partial charge < -0.3 is 14.2 Å². The average molecular weight is 375 g/mol. The number of piperidine rings is 1. The normalized spacial score (nSPS) is 14.8.